The summed E-state index contributed by atoms with van der Waals surface area (Å²) in [6.45, 7) is 5.02. The van der Waals surface area contributed by atoms with Crippen LogP contribution in [-0.2, 0) is 9.53 Å². The van der Waals surface area contributed by atoms with Crippen LogP contribution in [0.25, 0.3) is 0 Å². The van der Waals surface area contributed by atoms with Crippen molar-refractivity contribution in [2.45, 2.75) is 38.7 Å². The summed E-state index contributed by atoms with van der Waals surface area (Å²) in [5, 5.41) is 8.86. The molecule has 2 saturated carbocycles. The molecule has 4 nitrogen and oxygen atoms in total. The Morgan fingerprint density at radius 2 is 2.27 bits per heavy atom. The van der Waals surface area contributed by atoms with Crippen LogP contribution in [0.4, 0.5) is 0 Å². The lowest BCUT2D eigenvalue weighted by molar-refractivity contribution is -0.164. The summed E-state index contributed by atoms with van der Waals surface area (Å²) in [7, 11) is 0. The number of hydrogen-bond acceptors (Lipinski definition) is 3. The number of carbonyl (C=O) groups excluding carboxylic acids is 1. The highest BCUT2D eigenvalue weighted by molar-refractivity contribution is 5.87. The van der Waals surface area contributed by atoms with Gasteiger partial charge < -0.3 is 4.74 Å². The van der Waals surface area contributed by atoms with Gasteiger partial charge in [0.15, 0.2) is 5.60 Å². The molecule has 0 aromatic rings. The molecule has 84 valence electrons. The number of hydrogen-bond donors (Lipinski definition) is 2. The summed E-state index contributed by atoms with van der Waals surface area (Å²) >= 11 is 0. The first-order valence-corrected chi connectivity index (χ1v) is 5.59. The molecule has 1 heterocycles. The van der Waals surface area contributed by atoms with Crippen LogP contribution in [0.1, 0.15) is 33.1 Å². The van der Waals surface area contributed by atoms with Gasteiger partial charge in [0.05, 0.1) is 6.61 Å². The second-order valence-electron chi connectivity index (χ2n) is 5.75. The molecular weight excluding hydrogens is 194 g/mol. The Morgan fingerprint density at radius 1 is 1.53 bits per heavy atom. The maximum Gasteiger partial charge on any atom is 0.276 e. The molecule has 2 N–H and O–H groups in total. The number of ether oxygens (including phenoxy) is 1. The van der Waals surface area contributed by atoms with E-state index in [2.05, 4.69) is 13.8 Å². The van der Waals surface area contributed by atoms with E-state index in [1.807, 2.05) is 0 Å². The van der Waals surface area contributed by atoms with Gasteiger partial charge in [0.2, 0.25) is 0 Å². The summed E-state index contributed by atoms with van der Waals surface area (Å²) in [6, 6.07) is 0. The fourth-order valence-corrected chi connectivity index (χ4v) is 4.35. The molecule has 0 unspecified atom stereocenters. The topological polar surface area (TPSA) is 58.6 Å². The van der Waals surface area contributed by atoms with E-state index in [4.69, 9.17) is 9.94 Å². The van der Waals surface area contributed by atoms with Crippen molar-refractivity contribution in [2.24, 2.45) is 16.7 Å². The summed E-state index contributed by atoms with van der Waals surface area (Å²) in [5.74, 6) is 0.226. The zero-order valence-electron chi connectivity index (χ0n) is 9.17. The Bertz CT molecular complexity index is 345. The average Bonchev–Trinajstić information content (AvgIpc) is 2.70. The van der Waals surface area contributed by atoms with Crippen LogP contribution < -0.4 is 5.48 Å². The summed E-state index contributed by atoms with van der Waals surface area (Å²) in [6.07, 6.45) is 2.99. The highest BCUT2D eigenvalue weighted by Gasteiger charge is 2.78. The zero-order chi connectivity index (χ0) is 10.9. The monoisotopic (exact) mass is 211 g/mol. The first kappa shape index (κ1) is 9.60. The van der Waals surface area contributed by atoms with Crippen molar-refractivity contribution in [3.63, 3.8) is 0 Å². The maximum absolute atomic E-state index is 11.8. The average molecular weight is 211 g/mol. The van der Waals surface area contributed by atoms with Gasteiger partial charge >= 0.3 is 0 Å². The largest absolute Gasteiger partial charge is 0.364 e. The Morgan fingerprint density at radius 3 is 2.80 bits per heavy atom. The molecule has 2 aliphatic carbocycles. The van der Waals surface area contributed by atoms with Gasteiger partial charge in [-0.2, -0.15) is 0 Å². The molecule has 3 aliphatic rings. The van der Waals surface area contributed by atoms with Crippen LogP contribution >= 0.6 is 0 Å². The maximum atomic E-state index is 11.8. The Hall–Kier alpha value is -0.610. The zero-order valence-corrected chi connectivity index (χ0v) is 9.17. The van der Waals surface area contributed by atoms with Gasteiger partial charge in [0.1, 0.15) is 0 Å². The SMILES string of the molecule is C[C@@]12CC[C@H]3C[C@]1(C(=O)NO)OC[C@@]32C. The minimum absolute atomic E-state index is 0.0997. The Balaban J connectivity index is 2.12. The smallest absolute Gasteiger partial charge is 0.276 e. The lowest BCUT2D eigenvalue weighted by Crippen LogP contribution is -2.54. The third-order valence-corrected chi connectivity index (χ3v) is 5.67. The van der Waals surface area contributed by atoms with Crippen molar-refractivity contribution in [3.05, 3.63) is 0 Å². The standard InChI is InChI=1S/C11H17NO3/c1-9-6-15-11(8(13)12-14)5-7(9)3-4-10(9,11)2/h7,14H,3-6H2,1-2H3,(H,12,13)/t7-,9-,10-,11+/m0/s1. The van der Waals surface area contributed by atoms with E-state index in [0.29, 0.717) is 12.5 Å². The third-order valence-electron chi connectivity index (χ3n) is 5.67. The van der Waals surface area contributed by atoms with Crippen LogP contribution in [0.2, 0.25) is 0 Å². The van der Waals surface area contributed by atoms with Gasteiger partial charge in [-0.25, -0.2) is 5.48 Å². The molecule has 0 aromatic heterocycles. The van der Waals surface area contributed by atoms with Crippen molar-refractivity contribution in [2.75, 3.05) is 6.61 Å². The Labute approximate surface area is 88.9 Å². The molecular formula is C11H17NO3. The molecule has 0 spiro atoms. The van der Waals surface area contributed by atoms with E-state index in [1.165, 1.54) is 6.42 Å². The predicted octanol–water partition coefficient (Wildman–Crippen LogP) is 1.09. The number of rotatable bonds is 1. The summed E-state index contributed by atoms with van der Waals surface area (Å²) < 4.78 is 5.76. The molecule has 15 heavy (non-hydrogen) atoms. The van der Waals surface area contributed by atoms with Crippen LogP contribution in [0.15, 0.2) is 0 Å². The number of carbonyl (C=O) groups is 1. The van der Waals surface area contributed by atoms with Gasteiger partial charge in [-0.1, -0.05) is 13.8 Å². The highest BCUT2D eigenvalue weighted by atomic mass is 16.5. The molecule has 1 saturated heterocycles. The minimum Gasteiger partial charge on any atom is -0.364 e. The molecule has 4 atom stereocenters. The van der Waals surface area contributed by atoms with Crippen molar-refractivity contribution in [3.8, 4) is 0 Å². The first-order chi connectivity index (χ1) is 7.00. The second kappa shape index (κ2) is 2.38. The van der Waals surface area contributed by atoms with E-state index in [1.54, 1.807) is 5.48 Å². The molecule has 0 aromatic carbocycles. The van der Waals surface area contributed by atoms with Crippen molar-refractivity contribution in [1.29, 1.82) is 0 Å². The predicted molar refractivity (Wildman–Crippen MR) is 52.2 cm³/mol. The highest BCUT2D eigenvalue weighted by Crippen LogP contribution is 2.74. The Kier molecular flexibility index (Phi) is 1.52. The van der Waals surface area contributed by atoms with Gasteiger partial charge in [0, 0.05) is 10.8 Å². The third kappa shape index (κ3) is 0.712. The molecule has 4 heteroatoms. The number of amides is 1. The lowest BCUT2D eigenvalue weighted by Gasteiger charge is -2.39. The fourth-order valence-electron chi connectivity index (χ4n) is 4.35. The molecule has 3 fully saturated rings. The second-order valence-corrected chi connectivity index (χ2v) is 5.75. The molecule has 0 radical (unpaired) electrons. The van der Waals surface area contributed by atoms with Crippen molar-refractivity contribution >= 4 is 5.91 Å². The van der Waals surface area contributed by atoms with Gasteiger partial charge in [-0.05, 0) is 25.2 Å². The van der Waals surface area contributed by atoms with Crippen LogP contribution in [0.5, 0.6) is 0 Å². The molecule has 1 amide bonds. The fraction of sp³-hybridized carbons (Fsp3) is 0.909. The van der Waals surface area contributed by atoms with Crippen molar-refractivity contribution < 1.29 is 14.7 Å². The van der Waals surface area contributed by atoms with E-state index in [-0.39, 0.29) is 16.7 Å². The number of nitrogens with one attached hydrogen (secondary N) is 1. The van der Waals surface area contributed by atoms with Gasteiger partial charge in [-0.15, -0.1) is 0 Å². The molecule has 1 aliphatic heterocycles. The van der Waals surface area contributed by atoms with Gasteiger partial charge in [0.25, 0.3) is 5.91 Å². The summed E-state index contributed by atoms with van der Waals surface area (Å²) in [5.41, 5.74) is 1.05. The quantitative estimate of drug-likeness (QED) is 0.504. The van der Waals surface area contributed by atoms with Crippen LogP contribution in [0.3, 0.4) is 0 Å². The van der Waals surface area contributed by atoms with Crippen LogP contribution in [-0.4, -0.2) is 23.3 Å². The van der Waals surface area contributed by atoms with E-state index in [0.717, 1.165) is 12.8 Å². The number of hydroxylamine groups is 1. The van der Waals surface area contributed by atoms with E-state index in [9.17, 15) is 4.79 Å². The lowest BCUT2D eigenvalue weighted by atomic mass is 9.66. The van der Waals surface area contributed by atoms with Crippen molar-refractivity contribution in [1.82, 2.24) is 5.48 Å². The first-order valence-electron chi connectivity index (χ1n) is 5.59. The molecule has 3 rings (SSSR count). The normalized spacial score (nSPS) is 56.1. The van der Waals surface area contributed by atoms with Crippen LogP contribution in [0, 0.1) is 16.7 Å². The van der Waals surface area contributed by atoms with E-state index < -0.39 is 5.60 Å². The molecule has 4 bridgehead atoms. The minimum atomic E-state index is -0.764. The van der Waals surface area contributed by atoms with E-state index >= 15 is 0 Å². The van der Waals surface area contributed by atoms with Gasteiger partial charge in [-0.3, -0.25) is 10.0 Å². The summed E-state index contributed by atoms with van der Waals surface area (Å²) in [4.78, 5) is 11.8.